The van der Waals surface area contributed by atoms with Gasteiger partial charge in [0.25, 0.3) is 5.91 Å². The number of likely N-dealkylation sites (N-methyl/N-ethyl adjacent to an activating group) is 1. The molecule has 0 unspecified atom stereocenters. The number of hydrogen-bond acceptors (Lipinski definition) is 5. The van der Waals surface area contributed by atoms with E-state index < -0.39 is 0 Å². The van der Waals surface area contributed by atoms with Crippen LogP contribution in [0.4, 0.5) is 5.69 Å². The average molecular weight is 456 g/mol. The first-order chi connectivity index (χ1) is 16.5. The van der Waals surface area contributed by atoms with Crippen molar-refractivity contribution in [3.63, 3.8) is 0 Å². The first-order valence-corrected chi connectivity index (χ1v) is 11.6. The van der Waals surface area contributed by atoms with Gasteiger partial charge < -0.3 is 20.4 Å². The lowest BCUT2D eigenvalue weighted by molar-refractivity contribution is 0.0746. The SMILES string of the molecule is COCCN(C)C(=O)c1cccc2c(C3(c4cnc(-c5ccc(N)cc5)nc4)CCC3)c[nH]c12. The molecule has 0 atom stereocenters. The van der Waals surface area contributed by atoms with Crippen LogP contribution in [0.2, 0.25) is 0 Å². The smallest absolute Gasteiger partial charge is 0.255 e. The third-order valence-corrected chi connectivity index (χ3v) is 7.02. The van der Waals surface area contributed by atoms with E-state index >= 15 is 0 Å². The van der Waals surface area contributed by atoms with Gasteiger partial charge in [-0.15, -0.1) is 0 Å². The summed E-state index contributed by atoms with van der Waals surface area (Å²) in [5, 5.41) is 1.08. The maximum atomic E-state index is 13.1. The number of H-pyrrole nitrogens is 1. The van der Waals surface area contributed by atoms with Crippen molar-refractivity contribution < 1.29 is 9.53 Å². The number of benzene rings is 2. The Bertz CT molecular complexity index is 1310. The predicted molar refractivity (Wildman–Crippen MR) is 134 cm³/mol. The number of anilines is 1. The second-order valence-corrected chi connectivity index (χ2v) is 9.00. The number of carbonyl (C=O) groups excluding carboxylic acids is 1. The zero-order valence-corrected chi connectivity index (χ0v) is 19.5. The van der Waals surface area contributed by atoms with E-state index in [1.165, 1.54) is 5.56 Å². The Labute approximate surface area is 199 Å². The monoisotopic (exact) mass is 455 g/mol. The summed E-state index contributed by atoms with van der Waals surface area (Å²) >= 11 is 0. The fraction of sp³-hybridized carbons (Fsp3) is 0.296. The Morgan fingerprint density at radius 2 is 1.88 bits per heavy atom. The summed E-state index contributed by atoms with van der Waals surface area (Å²) in [5.41, 5.74) is 11.2. The van der Waals surface area contributed by atoms with Crippen molar-refractivity contribution >= 4 is 22.5 Å². The van der Waals surface area contributed by atoms with Crippen LogP contribution in [0.15, 0.2) is 61.1 Å². The summed E-state index contributed by atoms with van der Waals surface area (Å²) in [4.78, 5) is 27.6. The molecular formula is C27H29N5O2. The van der Waals surface area contributed by atoms with Crippen molar-refractivity contribution in [3.8, 4) is 11.4 Å². The molecule has 1 saturated carbocycles. The number of hydrogen-bond donors (Lipinski definition) is 2. The fourth-order valence-corrected chi connectivity index (χ4v) is 4.86. The van der Waals surface area contributed by atoms with Gasteiger partial charge in [0.05, 0.1) is 17.7 Å². The molecule has 0 bridgehead atoms. The average Bonchev–Trinajstić information content (AvgIpc) is 3.27. The molecule has 0 spiro atoms. The Kier molecular flexibility index (Phi) is 5.79. The highest BCUT2D eigenvalue weighted by atomic mass is 16.5. The highest BCUT2D eigenvalue weighted by Crippen LogP contribution is 2.51. The minimum atomic E-state index is -0.151. The van der Waals surface area contributed by atoms with Crippen molar-refractivity contribution in [2.24, 2.45) is 0 Å². The molecule has 4 aromatic rings. The maximum absolute atomic E-state index is 13.1. The van der Waals surface area contributed by atoms with E-state index in [2.05, 4.69) is 27.2 Å². The minimum Gasteiger partial charge on any atom is -0.399 e. The maximum Gasteiger partial charge on any atom is 0.255 e. The van der Waals surface area contributed by atoms with Gasteiger partial charge in [-0.3, -0.25) is 4.79 Å². The molecule has 7 nitrogen and oxygen atoms in total. The lowest BCUT2D eigenvalue weighted by Crippen LogP contribution is -2.35. The molecule has 1 aliphatic carbocycles. The fourth-order valence-electron chi connectivity index (χ4n) is 4.86. The van der Waals surface area contributed by atoms with E-state index in [0.717, 1.165) is 47.0 Å². The van der Waals surface area contributed by atoms with Crippen LogP contribution in [-0.2, 0) is 10.2 Å². The van der Waals surface area contributed by atoms with Gasteiger partial charge >= 0.3 is 0 Å². The lowest BCUT2D eigenvalue weighted by Gasteiger charge is -2.42. The third-order valence-electron chi connectivity index (χ3n) is 7.02. The van der Waals surface area contributed by atoms with Gasteiger partial charge in [-0.25, -0.2) is 9.97 Å². The third kappa shape index (κ3) is 3.72. The van der Waals surface area contributed by atoms with Crippen LogP contribution >= 0.6 is 0 Å². The number of aromatic amines is 1. The van der Waals surface area contributed by atoms with E-state index in [-0.39, 0.29) is 11.3 Å². The highest BCUT2D eigenvalue weighted by molar-refractivity contribution is 6.06. The van der Waals surface area contributed by atoms with Crippen molar-refractivity contribution in [1.82, 2.24) is 19.9 Å². The minimum absolute atomic E-state index is 0.0186. The number of ether oxygens (including phenoxy) is 1. The standard InChI is InChI=1S/C27H29N5O2/c1-32(13-14-34-2)26(33)22-6-3-5-21-23(17-29-24(21)22)27(11-4-12-27)19-15-30-25(31-16-19)18-7-9-20(28)10-8-18/h3,5-10,15-17,29H,4,11-14,28H2,1-2H3. The van der Waals surface area contributed by atoms with E-state index in [0.29, 0.717) is 24.5 Å². The zero-order chi connectivity index (χ0) is 23.7. The topological polar surface area (TPSA) is 97.1 Å². The molecule has 5 rings (SSSR count). The molecule has 0 aliphatic heterocycles. The van der Waals surface area contributed by atoms with Crippen LogP contribution in [0.1, 0.15) is 40.7 Å². The molecule has 1 amide bonds. The van der Waals surface area contributed by atoms with Crippen LogP contribution in [0.3, 0.4) is 0 Å². The summed E-state index contributed by atoms with van der Waals surface area (Å²) in [6.45, 7) is 1.05. The normalized spacial score (nSPS) is 14.6. The van der Waals surface area contributed by atoms with Crippen molar-refractivity contribution in [2.75, 3.05) is 33.0 Å². The number of fused-ring (bicyclic) bond motifs is 1. The Morgan fingerprint density at radius 1 is 1.15 bits per heavy atom. The molecular weight excluding hydrogens is 426 g/mol. The Morgan fingerprint density at radius 3 is 2.53 bits per heavy atom. The summed E-state index contributed by atoms with van der Waals surface area (Å²) in [5.74, 6) is 0.666. The number of para-hydroxylation sites is 1. The van der Waals surface area contributed by atoms with Crippen LogP contribution in [-0.4, -0.2) is 53.1 Å². The van der Waals surface area contributed by atoms with Gasteiger partial charge in [0, 0.05) is 61.3 Å². The molecule has 3 N–H and O–H groups in total. The highest BCUT2D eigenvalue weighted by Gasteiger charge is 2.42. The number of amides is 1. The molecule has 0 saturated heterocycles. The quantitative estimate of drug-likeness (QED) is 0.403. The molecule has 2 aromatic carbocycles. The van der Waals surface area contributed by atoms with Crippen molar-refractivity contribution in [1.29, 1.82) is 0 Å². The molecule has 7 heteroatoms. The Balaban J connectivity index is 1.50. The number of methoxy groups -OCH3 is 1. The molecule has 1 fully saturated rings. The number of aromatic nitrogens is 3. The van der Waals surface area contributed by atoms with Gasteiger partial charge in [-0.05, 0) is 54.3 Å². The molecule has 174 valence electrons. The molecule has 2 aromatic heterocycles. The van der Waals surface area contributed by atoms with Gasteiger partial charge in [-0.1, -0.05) is 18.6 Å². The largest absolute Gasteiger partial charge is 0.399 e. The number of carbonyl (C=O) groups is 1. The van der Waals surface area contributed by atoms with E-state index in [1.54, 1.807) is 19.1 Å². The second-order valence-electron chi connectivity index (χ2n) is 9.00. The van der Waals surface area contributed by atoms with Crippen molar-refractivity contribution in [2.45, 2.75) is 24.7 Å². The van der Waals surface area contributed by atoms with Crippen LogP contribution in [0.5, 0.6) is 0 Å². The Hall–Kier alpha value is -3.71. The number of nitrogens with two attached hydrogens (primary N) is 1. The van der Waals surface area contributed by atoms with Gasteiger partial charge in [0.1, 0.15) is 0 Å². The molecule has 0 radical (unpaired) electrons. The number of nitrogen functional groups attached to an aromatic ring is 1. The first-order valence-electron chi connectivity index (χ1n) is 11.6. The van der Waals surface area contributed by atoms with Crippen LogP contribution in [0, 0.1) is 0 Å². The summed E-state index contributed by atoms with van der Waals surface area (Å²) in [6.07, 6.45) is 9.15. The van der Waals surface area contributed by atoms with Crippen LogP contribution < -0.4 is 5.73 Å². The van der Waals surface area contributed by atoms with Gasteiger partial charge in [0.2, 0.25) is 0 Å². The predicted octanol–water partition coefficient (Wildman–Crippen LogP) is 4.40. The second kappa shape index (κ2) is 8.91. The number of rotatable bonds is 7. The van der Waals surface area contributed by atoms with E-state index in [4.69, 9.17) is 10.5 Å². The van der Waals surface area contributed by atoms with Crippen LogP contribution in [0.25, 0.3) is 22.3 Å². The number of nitrogens with one attached hydrogen (secondary N) is 1. The summed E-state index contributed by atoms with van der Waals surface area (Å²) < 4.78 is 5.13. The zero-order valence-electron chi connectivity index (χ0n) is 19.5. The molecule has 1 aliphatic rings. The lowest BCUT2D eigenvalue weighted by atomic mass is 9.61. The summed E-state index contributed by atoms with van der Waals surface area (Å²) in [6, 6.07) is 13.5. The molecule has 34 heavy (non-hydrogen) atoms. The molecule has 2 heterocycles. The van der Waals surface area contributed by atoms with E-state index in [9.17, 15) is 4.79 Å². The first kappa shape index (κ1) is 22.1. The van der Waals surface area contributed by atoms with Crippen molar-refractivity contribution in [3.05, 3.63) is 77.7 Å². The van der Waals surface area contributed by atoms with Gasteiger partial charge in [-0.2, -0.15) is 0 Å². The number of nitrogens with zero attached hydrogens (tertiary/aromatic N) is 3. The summed E-state index contributed by atoms with van der Waals surface area (Å²) in [7, 11) is 3.44. The van der Waals surface area contributed by atoms with E-state index in [1.807, 2.05) is 48.8 Å². The van der Waals surface area contributed by atoms with Gasteiger partial charge in [0.15, 0.2) is 5.82 Å².